The van der Waals surface area contributed by atoms with Gasteiger partial charge in [-0.05, 0) is 66.7 Å². The van der Waals surface area contributed by atoms with Crippen molar-refractivity contribution in [3.63, 3.8) is 0 Å². The lowest BCUT2D eigenvalue weighted by molar-refractivity contribution is -0.200. The van der Waals surface area contributed by atoms with E-state index in [2.05, 4.69) is 24.3 Å². The molecule has 0 spiro atoms. The maximum atomic E-state index is 10.8. The van der Waals surface area contributed by atoms with E-state index in [-0.39, 0.29) is 0 Å². The van der Waals surface area contributed by atoms with Crippen LogP contribution in [0.1, 0.15) is 46.8 Å². The lowest BCUT2D eigenvalue weighted by Gasteiger charge is -2.40. The summed E-state index contributed by atoms with van der Waals surface area (Å²) >= 11 is 1.30. The van der Waals surface area contributed by atoms with Crippen LogP contribution in [-0.4, -0.2) is 62.4 Å². The summed E-state index contributed by atoms with van der Waals surface area (Å²) in [4.78, 5) is 10.8. The number of hydrogen-bond acceptors (Lipinski definition) is 7. The van der Waals surface area contributed by atoms with Gasteiger partial charge in [-0.1, -0.05) is 42.5 Å². The van der Waals surface area contributed by atoms with Crippen molar-refractivity contribution >= 4 is 17.7 Å². The number of carboxylic acid groups (broad SMARTS) is 1. The van der Waals surface area contributed by atoms with Gasteiger partial charge in [-0.15, -0.1) is 11.8 Å². The van der Waals surface area contributed by atoms with Gasteiger partial charge in [-0.3, -0.25) is 4.79 Å². The molecule has 0 aromatic heterocycles. The second-order valence-electron chi connectivity index (χ2n) is 8.65. The van der Waals surface area contributed by atoms with Gasteiger partial charge in [0.15, 0.2) is 0 Å². The van der Waals surface area contributed by atoms with Crippen molar-refractivity contribution in [2.75, 3.05) is 6.26 Å². The Bertz CT molecular complexity index is 935. The summed E-state index contributed by atoms with van der Waals surface area (Å²) in [6, 6.07) is 13.3. The predicted octanol–water partition coefficient (Wildman–Crippen LogP) is 2.16. The quantitative estimate of drug-likeness (QED) is 0.373. The zero-order valence-electron chi connectivity index (χ0n) is 18.9. The molecule has 0 amide bonds. The molecule has 8 heteroatoms. The van der Waals surface area contributed by atoms with E-state index >= 15 is 0 Å². The van der Waals surface area contributed by atoms with E-state index in [0.29, 0.717) is 12.8 Å². The van der Waals surface area contributed by atoms with Gasteiger partial charge in [0.1, 0.15) is 35.9 Å². The molecular formula is C25H33NO6S. The van der Waals surface area contributed by atoms with E-state index in [0.717, 1.165) is 40.7 Å². The number of nitrogens with two attached hydrogens (primary N) is 1. The number of aliphatic hydroxyl groups excluding tert-OH is 3. The number of aliphatic carboxylic acids is 1. The highest BCUT2D eigenvalue weighted by molar-refractivity contribution is 7.99. The largest absolute Gasteiger partial charge is 0.480 e. The molecule has 1 saturated heterocycles. The smallest absolute Gasteiger partial charge is 0.320 e. The number of aryl methyl sites for hydroxylation is 2. The van der Waals surface area contributed by atoms with E-state index < -0.39 is 41.9 Å². The zero-order chi connectivity index (χ0) is 24.1. The Hall–Kier alpha value is -1.94. The maximum absolute atomic E-state index is 10.8. The Morgan fingerprint density at radius 2 is 1.73 bits per heavy atom. The van der Waals surface area contributed by atoms with Gasteiger partial charge in [0.25, 0.3) is 0 Å². The fourth-order valence-corrected chi connectivity index (χ4v) is 4.74. The van der Waals surface area contributed by atoms with Gasteiger partial charge in [-0.25, -0.2) is 0 Å². The third kappa shape index (κ3) is 6.35. The lowest BCUT2D eigenvalue weighted by atomic mass is 9.91. The van der Waals surface area contributed by atoms with Gasteiger partial charge in [0.05, 0.1) is 0 Å². The van der Waals surface area contributed by atoms with Crippen LogP contribution in [0.25, 0.3) is 0 Å². The zero-order valence-corrected chi connectivity index (χ0v) is 19.7. The van der Waals surface area contributed by atoms with Crippen LogP contribution in [0, 0.1) is 6.92 Å². The first-order chi connectivity index (χ1) is 15.7. The van der Waals surface area contributed by atoms with Crippen LogP contribution in [0.4, 0.5) is 0 Å². The molecule has 180 valence electrons. The van der Waals surface area contributed by atoms with Crippen molar-refractivity contribution in [2.24, 2.45) is 5.73 Å². The minimum absolute atomic E-state index is 0.446. The van der Waals surface area contributed by atoms with Crippen molar-refractivity contribution in [3.8, 4) is 0 Å². The third-order valence-corrected chi connectivity index (χ3v) is 7.07. The standard InChI is InChI=1S/C25H33NO6S/c1-14-6-11-17(23-21(28)20(27)22(29)25(32-23)33-2)13-18(14)12-16-9-7-15(8-10-16)4-3-5-19(26)24(30)31/h6-11,13,19-23,25,27-29H,3-5,12,26H2,1-2H3,(H,30,31)/t19?,20-,21-,22+,23+,25-/m1/s1. The van der Waals surface area contributed by atoms with Crippen LogP contribution in [0.5, 0.6) is 0 Å². The number of carbonyl (C=O) groups is 1. The summed E-state index contributed by atoms with van der Waals surface area (Å²) in [7, 11) is 0. The normalized spacial score (nSPS) is 26.2. The summed E-state index contributed by atoms with van der Waals surface area (Å²) in [6.45, 7) is 2.03. The van der Waals surface area contributed by atoms with E-state index in [1.54, 1.807) is 6.26 Å². The minimum atomic E-state index is -1.27. The Kier molecular flexibility index (Phi) is 8.92. The first-order valence-corrected chi connectivity index (χ1v) is 12.4. The number of carboxylic acids is 1. The number of benzene rings is 2. The average Bonchev–Trinajstić information content (AvgIpc) is 2.80. The topological polar surface area (TPSA) is 133 Å². The van der Waals surface area contributed by atoms with Gasteiger partial charge < -0.3 is 30.9 Å². The van der Waals surface area contributed by atoms with Gasteiger partial charge in [0, 0.05) is 0 Å². The van der Waals surface area contributed by atoms with Crippen molar-refractivity contribution in [1.29, 1.82) is 0 Å². The molecule has 0 aliphatic carbocycles. The summed E-state index contributed by atoms with van der Waals surface area (Å²) < 4.78 is 5.90. The van der Waals surface area contributed by atoms with Crippen molar-refractivity contribution in [1.82, 2.24) is 0 Å². The van der Waals surface area contributed by atoms with E-state index in [9.17, 15) is 20.1 Å². The Labute approximate surface area is 198 Å². The van der Waals surface area contributed by atoms with Crippen molar-refractivity contribution in [2.45, 2.75) is 68.5 Å². The van der Waals surface area contributed by atoms with Gasteiger partial charge in [0.2, 0.25) is 0 Å². The van der Waals surface area contributed by atoms with E-state index in [4.69, 9.17) is 15.6 Å². The fraction of sp³-hybridized carbons (Fsp3) is 0.480. The van der Waals surface area contributed by atoms with Crippen molar-refractivity contribution < 1.29 is 30.0 Å². The highest BCUT2D eigenvalue weighted by atomic mass is 32.2. The summed E-state index contributed by atoms with van der Waals surface area (Å²) in [6.07, 6.45) is 0.0723. The molecule has 1 aliphatic rings. The molecule has 3 rings (SSSR count). The fourth-order valence-electron chi connectivity index (χ4n) is 4.07. The summed E-state index contributed by atoms with van der Waals surface area (Å²) in [5, 5.41) is 39.7. The molecule has 0 bridgehead atoms. The van der Waals surface area contributed by atoms with Gasteiger partial charge in [-0.2, -0.15) is 0 Å². The highest BCUT2D eigenvalue weighted by Gasteiger charge is 2.44. The number of thioether (sulfide) groups is 1. The number of rotatable bonds is 9. The monoisotopic (exact) mass is 475 g/mol. The van der Waals surface area contributed by atoms with Crippen LogP contribution >= 0.6 is 11.8 Å². The SMILES string of the molecule is CS[C@H]1O[C@@H](c2ccc(C)c(Cc3ccc(CCCC(N)C(=O)O)cc3)c2)[C@H](O)[C@@H](O)[C@@H]1O. The highest BCUT2D eigenvalue weighted by Crippen LogP contribution is 2.36. The molecular weight excluding hydrogens is 442 g/mol. The minimum Gasteiger partial charge on any atom is -0.480 e. The van der Waals surface area contributed by atoms with Crippen molar-refractivity contribution in [3.05, 3.63) is 70.3 Å². The molecule has 1 unspecified atom stereocenters. The molecule has 0 saturated carbocycles. The predicted molar refractivity (Wildman–Crippen MR) is 128 cm³/mol. The van der Waals surface area contributed by atoms with E-state index in [1.165, 1.54) is 11.8 Å². The molecule has 2 aromatic carbocycles. The molecule has 2 aromatic rings. The molecule has 6 N–H and O–H groups in total. The third-order valence-electron chi connectivity index (χ3n) is 6.22. The Balaban J connectivity index is 1.68. The lowest BCUT2D eigenvalue weighted by Crippen LogP contribution is -2.52. The first kappa shape index (κ1) is 25.7. The van der Waals surface area contributed by atoms with Crippen LogP contribution in [-0.2, 0) is 22.4 Å². The molecule has 1 heterocycles. The van der Waals surface area contributed by atoms with Crippen LogP contribution in [0.3, 0.4) is 0 Å². The molecule has 6 atom stereocenters. The second kappa shape index (κ2) is 11.5. The summed E-state index contributed by atoms with van der Waals surface area (Å²) in [5.74, 6) is -0.969. The molecule has 0 radical (unpaired) electrons. The van der Waals surface area contributed by atoms with Gasteiger partial charge >= 0.3 is 5.97 Å². The number of hydrogen-bond donors (Lipinski definition) is 5. The Morgan fingerprint density at radius 1 is 1.06 bits per heavy atom. The average molecular weight is 476 g/mol. The number of aliphatic hydroxyl groups is 3. The van der Waals surface area contributed by atoms with Crippen LogP contribution in [0.15, 0.2) is 42.5 Å². The molecule has 1 fully saturated rings. The molecule has 33 heavy (non-hydrogen) atoms. The maximum Gasteiger partial charge on any atom is 0.320 e. The Morgan fingerprint density at radius 3 is 2.36 bits per heavy atom. The summed E-state index contributed by atoms with van der Waals surface area (Å²) in [5.41, 5.74) is 10.2. The van der Waals surface area contributed by atoms with Crippen LogP contribution in [0.2, 0.25) is 0 Å². The second-order valence-corrected chi connectivity index (χ2v) is 9.58. The molecule has 7 nitrogen and oxygen atoms in total. The van der Waals surface area contributed by atoms with Crippen LogP contribution < -0.4 is 5.73 Å². The number of ether oxygens (including phenoxy) is 1. The first-order valence-electron chi connectivity index (χ1n) is 11.1. The molecule has 1 aliphatic heterocycles. The van der Waals surface area contributed by atoms with E-state index in [1.807, 2.05) is 25.1 Å².